The van der Waals surface area contributed by atoms with Gasteiger partial charge in [-0.1, -0.05) is 54.6 Å². The molecule has 0 spiro atoms. The van der Waals surface area contributed by atoms with Gasteiger partial charge in [0.2, 0.25) is 0 Å². The number of esters is 1. The van der Waals surface area contributed by atoms with Crippen LogP contribution in [0.1, 0.15) is 39.7 Å². The van der Waals surface area contributed by atoms with Crippen LogP contribution in [0.3, 0.4) is 0 Å². The van der Waals surface area contributed by atoms with E-state index in [2.05, 4.69) is 5.32 Å². The third-order valence-corrected chi connectivity index (χ3v) is 4.33. The quantitative estimate of drug-likeness (QED) is 0.637. The fourth-order valence-electron chi connectivity index (χ4n) is 3.02. The smallest absolute Gasteiger partial charge is 0.407 e. The van der Waals surface area contributed by atoms with Crippen molar-refractivity contribution in [2.75, 3.05) is 6.61 Å². The second kappa shape index (κ2) is 10.8. The summed E-state index contributed by atoms with van der Waals surface area (Å²) in [6.45, 7) is 7.18. The zero-order valence-electron chi connectivity index (χ0n) is 18.1. The number of aliphatic hydroxyl groups is 1. The summed E-state index contributed by atoms with van der Waals surface area (Å²) in [5.41, 5.74) is 2.52. The van der Waals surface area contributed by atoms with Crippen LogP contribution in [0.25, 0.3) is 11.1 Å². The van der Waals surface area contributed by atoms with Gasteiger partial charge in [-0.2, -0.15) is 0 Å². The molecule has 2 rings (SSSR count). The molecule has 6 heteroatoms. The van der Waals surface area contributed by atoms with Crippen molar-refractivity contribution in [2.45, 2.75) is 58.3 Å². The monoisotopic (exact) mass is 413 g/mol. The van der Waals surface area contributed by atoms with E-state index in [1.807, 2.05) is 54.6 Å². The molecule has 0 saturated carbocycles. The summed E-state index contributed by atoms with van der Waals surface area (Å²) in [4.78, 5) is 24.1. The molecule has 0 saturated heterocycles. The van der Waals surface area contributed by atoms with Crippen LogP contribution in [0.2, 0.25) is 0 Å². The first-order chi connectivity index (χ1) is 14.2. The van der Waals surface area contributed by atoms with E-state index in [1.165, 1.54) is 0 Å². The SMILES string of the molecule is CCOC(=O)[C@H](O)C[C@@H](Cc1ccc(-c2ccccc2)cc1)NC(=O)OC(C)(C)C. The van der Waals surface area contributed by atoms with Crippen molar-refractivity contribution in [1.82, 2.24) is 5.32 Å². The molecular weight excluding hydrogens is 382 g/mol. The lowest BCUT2D eigenvalue weighted by Gasteiger charge is -2.25. The van der Waals surface area contributed by atoms with Crippen molar-refractivity contribution >= 4 is 12.1 Å². The molecule has 0 aliphatic heterocycles. The highest BCUT2D eigenvalue weighted by Gasteiger charge is 2.25. The summed E-state index contributed by atoms with van der Waals surface area (Å²) < 4.78 is 10.2. The fraction of sp³-hybridized carbons (Fsp3) is 0.417. The third kappa shape index (κ3) is 7.87. The van der Waals surface area contributed by atoms with Gasteiger partial charge in [-0.15, -0.1) is 0 Å². The minimum absolute atomic E-state index is 0.0263. The molecule has 2 atom stereocenters. The first-order valence-electron chi connectivity index (χ1n) is 10.2. The number of hydrogen-bond acceptors (Lipinski definition) is 5. The van der Waals surface area contributed by atoms with E-state index in [4.69, 9.17) is 9.47 Å². The van der Waals surface area contributed by atoms with Gasteiger partial charge in [0, 0.05) is 12.5 Å². The maximum Gasteiger partial charge on any atom is 0.407 e. The van der Waals surface area contributed by atoms with E-state index >= 15 is 0 Å². The maximum absolute atomic E-state index is 12.2. The van der Waals surface area contributed by atoms with E-state index in [1.54, 1.807) is 27.7 Å². The summed E-state index contributed by atoms with van der Waals surface area (Å²) in [5.74, 6) is -0.701. The molecule has 0 aliphatic rings. The molecule has 162 valence electrons. The lowest BCUT2D eigenvalue weighted by Crippen LogP contribution is -2.43. The molecule has 0 radical (unpaired) electrons. The number of alkyl carbamates (subject to hydrolysis) is 1. The molecule has 0 unspecified atom stereocenters. The number of carbonyl (C=O) groups is 2. The Morgan fingerprint density at radius 3 is 2.17 bits per heavy atom. The lowest BCUT2D eigenvalue weighted by molar-refractivity contribution is -0.153. The fourth-order valence-corrected chi connectivity index (χ4v) is 3.02. The topological polar surface area (TPSA) is 84.9 Å². The van der Waals surface area contributed by atoms with Crippen LogP contribution in [-0.2, 0) is 20.7 Å². The predicted octanol–water partition coefficient (Wildman–Crippen LogP) is 4.10. The van der Waals surface area contributed by atoms with Crippen molar-refractivity contribution in [1.29, 1.82) is 0 Å². The Labute approximate surface area is 178 Å². The molecule has 0 heterocycles. The van der Waals surface area contributed by atoms with Crippen molar-refractivity contribution in [3.8, 4) is 11.1 Å². The number of carbonyl (C=O) groups excluding carboxylic acids is 2. The van der Waals surface area contributed by atoms with Crippen LogP contribution < -0.4 is 5.32 Å². The van der Waals surface area contributed by atoms with Gasteiger partial charge >= 0.3 is 12.1 Å². The van der Waals surface area contributed by atoms with Gasteiger partial charge in [0.25, 0.3) is 0 Å². The molecule has 2 aromatic carbocycles. The van der Waals surface area contributed by atoms with Gasteiger partial charge in [0.05, 0.1) is 6.61 Å². The summed E-state index contributed by atoms with van der Waals surface area (Å²) in [6.07, 6.45) is -1.46. The van der Waals surface area contributed by atoms with E-state index in [0.29, 0.717) is 6.42 Å². The Kier molecular flexibility index (Phi) is 8.42. The van der Waals surface area contributed by atoms with E-state index in [0.717, 1.165) is 16.7 Å². The second-order valence-corrected chi connectivity index (χ2v) is 8.11. The minimum atomic E-state index is -1.33. The summed E-state index contributed by atoms with van der Waals surface area (Å²) in [7, 11) is 0. The van der Waals surface area contributed by atoms with Crippen molar-refractivity contribution in [2.24, 2.45) is 0 Å². The Balaban J connectivity index is 2.10. The summed E-state index contributed by atoms with van der Waals surface area (Å²) in [6, 6.07) is 17.5. The molecular formula is C24H31NO5. The van der Waals surface area contributed by atoms with Gasteiger partial charge in [-0.25, -0.2) is 9.59 Å². The van der Waals surface area contributed by atoms with Crippen molar-refractivity contribution in [3.63, 3.8) is 0 Å². The third-order valence-electron chi connectivity index (χ3n) is 4.33. The Bertz CT molecular complexity index is 812. The number of ether oxygens (including phenoxy) is 2. The van der Waals surface area contributed by atoms with Crippen LogP contribution in [-0.4, -0.2) is 41.5 Å². The number of aliphatic hydroxyl groups excluding tert-OH is 1. The van der Waals surface area contributed by atoms with Crippen LogP contribution in [0.5, 0.6) is 0 Å². The first-order valence-corrected chi connectivity index (χ1v) is 10.2. The van der Waals surface area contributed by atoms with E-state index in [-0.39, 0.29) is 13.0 Å². The first kappa shape index (κ1) is 23.4. The zero-order chi connectivity index (χ0) is 22.1. The van der Waals surface area contributed by atoms with Crippen LogP contribution in [0.15, 0.2) is 54.6 Å². The van der Waals surface area contributed by atoms with Gasteiger partial charge in [0.1, 0.15) is 5.60 Å². The van der Waals surface area contributed by atoms with Crippen LogP contribution in [0, 0.1) is 0 Å². The predicted molar refractivity (Wildman–Crippen MR) is 116 cm³/mol. The highest BCUT2D eigenvalue weighted by Crippen LogP contribution is 2.20. The molecule has 0 aliphatic carbocycles. The zero-order valence-corrected chi connectivity index (χ0v) is 18.1. The van der Waals surface area contributed by atoms with Crippen molar-refractivity contribution in [3.05, 3.63) is 60.2 Å². The molecule has 1 amide bonds. The Morgan fingerprint density at radius 1 is 1.00 bits per heavy atom. The minimum Gasteiger partial charge on any atom is -0.464 e. The van der Waals surface area contributed by atoms with Gasteiger partial charge in [-0.3, -0.25) is 0 Å². The van der Waals surface area contributed by atoms with Gasteiger partial charge in [-0.05, 0) is 50.8 Å². The average molecular weight is 414 g/mol. The van der Waals surface area contributed by atoms with E-state index < -0.39 is 29.8 Å². The number of rotatable bonds is 8. The maximum atomic E-state index is 12.2. The molecule has 2 N–H and O–H groups in total. The normalized spacial score (nSPS) is 13.2. The van der Waals surface area contributed by atoms with Crippen LogP contribution >= 0.6 is 0 Å². The Morgan fingerprint density at radius 2 is 1.60 bits per heavy atom. The number of amides is 1. The molecule has 6 nitrogen and oxygen atoms in total. The number of hydrogen-bond donors (Lipinski definition) is 2. The van der Waals surface area contributed by atoms with Gasteiger partial charge < -0.3 is 19.9 Å². The molecule has 0 fully saturated rings. The summed E-state index contributed by atoms with van der Waals surface area (Å²) in [5, 5.41) is 12.9. The number of nitrogens with one attached hydrogen (secondary N) is 1. The van der Waals surface area contributed by atoms with Gasteiger partial charge in [0.15, 0.2) is 6.10 Å². The van der Waals surface area contributed by atoms with E-state index in [9.17, 15) is 14.7 Å². The Hall–Kier alpha value is -2.86. The highest BCUT2D eigenvalue weighted by atomic mass is 16.6. The molecule has 0 aromatic heterocycles. The standard InChI is InChI=1S/C24H31NO5/c1-5-29-22(27)21(26)16-20(25-23(28)30-24(2,3)4)15-17-11-13-19(14-12-17)18-9-7-6-8-10-18/h6-14,20-21,26H,5,15-16H2,1-4H3,(H,25,28)/t20-,21-/m1/s1. The second-order valence-electron chi connectivity index (χ2n) is 8.11. The molecule has 2 aromatic rings. The largest absolute Gasteiger partial charge is 0.464 e. The summed E-state index contributed by atoms with van der Waals surface area (Å²) >= 11 is 0. The highest BCUT2D eigenvalue weighted by molar-refractivity contribution is 5.74. The van der Waals surface area contributed by atoms with Crippen molar-refractivity contribution < 1.29 is 24.2 Å². The number of benzene rings is 2. The molecule has 0 bridgehead atoms. The lowest BCUT2D eigenvalue weighted by atomic mass is 9.98. The molecule has 30 heavy (non-hydrogen) atoms. The average Bonchev–Trinajstić information content (AvgIpc) is 2.68. The van der Waals surface area contributed by atoms with Crippen LogP contribution in [0.4, 0.5) is 4.79 Å².